The predicted octanol–water partition coefficient (Wildman–Crippen LogP) is 4.71. The van der Waals surface area contributed by atoms with Crippen molar-refractivity contribution >= 4 is 0 Å². The van der Waals surface area contributed by atoms with Crippen molar-refractivity contribution < 1.29 is 34.3 Å². The van der Waals surface area contributed by atoms with Crippen molar-refractivity contribution in [3.05, 3.63) is 24.0 Å². The first-order valence-corrected chi connectivity index (χ1v) is 14.1. The van der Waals surface area contributed by atoms with Crippen LogP contribution in [-0.4, -0.2) is 73.3 Å². The van der Waals surface area contributed by atoms with Crippen LogP contribution in [0.3, 0.4) is 0 Å². The maximum Gasteiger partial charge on any atom is 0.127 e. The second-order valence-electron chi connectivity index (χ2n) is 13.9. The lowest BCUT2D eigenvalue weighted by Crippen LogP contribution is -2.61. The molecule has 2 fully saturated rings. The van der Waals surface area contributed by atoms with Crippen LogP contribution >= 0.6 is 0 Å². The van der Waals surface area contributed by atoms with Gasteiger partial charge in [0, 0.05) is 6.42 Å². The van der Waals surface area contributed by atoms with E-state index in [4.69, 9.17) is 18.9 Å². The van der Waals surface area contributed by atoms with Crippen LogP contribution in [0.1, 0.15) is 107 Å². The maximum atomic E-state index is 10.4. The van der Waals surface area contributed by atoms with Crippen molar-refractivity contribution in [2.45, 2.75) is 165 Å². The van der Waals surface area contributed by atoms with E-state index < -0.39 is 45.8 Å². The van der Waals surface area contributed by atoms with Gasteiger partial charge in [0.25, 0.3) is 0 Å². The molecule has 2 saturated heterocycles. The number of fused-ring (bicyclic) bond motifs is 1. The monoisotopic (exact) mass is 522 g/mol. The van der Waals surface area contributed by atoms with Gasteiger partial charge in [-0.25, -0.2) is 0 Å². The lowest BCUT2D eigenvalue weighted by atomic mass is 9.77. The molecule has 0 spiro atoms. The zero-order valence-corrected chi connectivity index (χ0v) is 24.2. The van der Waals surface area contributed by atoms with Gasteiger partial charge in [-0.3, -0.25) is 0 Å². The van der Waals surface area contributed by atoms with Crippen LogP contribution < -0.4 is 0 Å². The van der Waals surface area contributed by atoms with Crippen molar-refractivity contribution in [1.82, 2.24) is 0 Å². The Morgan fingerprint density at radius 2 is 1.65 bits per heavy atom. The van der Waals surface area contributed by atoms with Gasteiger partial charge in [-0.2, -0.15) is 0 Å². The molecule has 0 bridgehead atoms. The fraction of sp³-hybridized carbons (Fsp3) is 0.867. The Hall–Kier alpha value is -0.960. The SMILES string of the molecule is CC(C)(O)[C@H](O)CC[C@]1(C)C=CC[C@@](C)([C@H]2CC[C@H]3OC([C@]4(C)CC[C@@H](O)C(C)(C)O4)=CC[C@]3(C)O2)O1. The van der Waals surface area contributed by atoms with E-state index in [0.29, 0.717) is 19.3 Å². The Balaban J connectivity index is 1.44. The third-order valence-corrected chi connectivity index (χ3v) is 9.32. The van der Waals surface area contributed by atoms with Crippen molar-refractivity contribution in [3.8, 4) is 0 Å². The average Bonchev–Trinajstić information content (AvgIpc) is 2.78. The molecule has 212 valence electrons. The van der Waals surface area contributed by atoms with Crippen LogP contribution in [0.15, 0.2) is 24.0 Å². The molecule has 0 aromatic carbocycles. The van der Waals surface area contributed by atoms with E-state index in [1.807, 2.05) is 20.8 Å². The molecule has 37 heavy (non-hydrogen) atoms. The summed E-state index contributed by atoms with van der Waals surface area (Å²) in [6.45, 7) is 15.5. The zero-order chi connectivity index (χ0) is 27.5. The molecule has 0 aliphatic carbocycles. The molecule has 0 aromatic heterocycles. The van der Waals surface area contributed by atoms with Crippen molar-refractivity contribution in [2.24, 2.45) is 0 Å². The second kappa shape index (κ2) is 9.60. The number of aliphatic hydroxyl groups is 3. The summed E-state index contributed by atoms with van der Waals surface area (Å²) in [6.07, 6.45) is 10.5. The van der Waals surface area contributed by atoms with Gasteiger partial charge < -0.3 is 34.3 Å². The third kappa shape index (κ3) is 5.82. The standard InChI is InChI=1S/C30H50O7/c1-25(2,33)20(31)12-17-27(5)15-9-16-29(7,37-27)24-11-10-22-28(6,35-24)19-14-23(34-22)30(8)18-13-21(32)26(3,4)36-30/h9,14-15,20-22,24,31-33H,10-13,16-19H2,1-8H3/t20-,21-,22-,24-,27+,28+,29+,30+/m1/s1. The highest BCUT2D eigenvalue weighted by molar-refractivity contribution is 5.19. The Morgan fingerprint density at radius 1 is 0.973 bits per heavy atom. The maximum absolute atomic E-state index is 10.4. The topological polar surface area (TPSA) is 97.6 Å². The van der Waals surface area contributed by atoms with Gasteiger partial charge in [-0.15, -0.1) is 0 Å². The van der Waals surface area contributed by atoms with Crippen LogP contribution in [0.2, 0.25) is 0 Å². The minimum Gasteiger partial charge on any atom is -0.489 e. The largest absolute Gasteiger partial charge is 0.489 e. The van der Waals surface area contributed by atoms with E-state index >= 15 is 0 Å². The normalized spacial score (nSPS) is 44.9. The van der Waals surface area contributed by atoms with Gasteiger partial charge in [0.15, 0.2) is 0 Å². The molecular formula is C30H50O7. The van der Waals surface area contributed by atoms with Gasteiger partial charge in [-0.05, 0) is 106 Å². The third-order valence-electron chi connectivity index (χ3n) is 9.32. The Morgan fingerprint density at radius 3 is 2.30 bits per heavy atom. The van der Waals surface area contributed by atoms with Crippen LogP contribution in [-0.2, 0) is 18.9 Å². The van der Waals surface area contributed by atoms with Gasteiger partial charge in [0.2, 0.25) is 0 Å². The molecule has 4 rings (SSSR count). The van der Waals surface area contributed by atoms with E-state index in [1.54, 1.807) is 13.8 Å². The lowest BCUT2D eigenvalue weighted by molar-refractivity contribution is -0.273. The molecule has 4 heterocycles. The van der Waals surface area contributed by atoms with Gasteiger partial charge in [-0.1, -0.05) is 12.2 Å². The molecule has 0 aromatic rings. The van der Waals surface area contributed by atoms with Crippen molar-refractivity contribution in [3.63, 3.8) is 0 Å². The van der Waals surface area contributed by atoms with E-state index in [9.17, 15) is 15.3 Å². The molecule has 0 unspecified atom stereocenters. The Kier molecular flexibility index (Phi) is 7.53. The molecule has 0 radical (unpaired) electrons. The van der Waals surface area contributed by atoms with Crippen LogP contribution in [0.5, 0.6) is 0 Å². The summed E-state index contributed by atoms with van der Waals surface area (Å²) < 4.78 is 26.6. The number of aliphatic hydroxyl groups excluding tert-OH is 2. The lowest BCUT2D eigenvalue weighted by Gasteiger charge is -2.55. The summed E-state index contributed by atoms with van der Waals surface area (Å²) in [5, 5.41) is 30.8. The molecular weight excluding hydrogens is 472 g/mol. The number of rotatable bonds is 6. The fourth-order valence-corrected chi connectivity index (χ4v) is 6.59. The first-order valence-electron chi connectivity index (χ1n) is 14.1. The highest BCUT2D eigenvalue weighted by Gasteiger charge is 2.54. The van der Waals surface area contributed by atoms with Gasteiger partial charge in [0.05, 0.1) is 40.7 Å². The summed E-state index contributed by atoms with van der Waals surface area (Å²) >= 11 is 0. The van der Waals surface area contributed by atoms with E-state index in [2.05, 4.69) is 39.0 Å². The predicted molar refractivity (Wildman–Crippen MR) is 142 cm³/mol. The van der Waals surface area contributed by atoms with E-state index in [0.717, 1.165) is 37.9 Å². The Labute approximate surface area is 223 Å². The summed E-state index contributed by atoms with van der Waals surface area (Å²) in [6, 6.07) is 0. The molecule has 7 heteroatoms. The Bertz CT molecular complexity index is 906. The smallest absolute Gasteiger partial charge is 0.127 e. The molecule has 4 aliphatic rings. The highest BCUT2D eigenvalue weighted by atomic mass is 16.6. The molecule has 0 amide bonds. The van der Waals surface area contributed by atoms with Crippen LogP contribution in [0.25, 0.3) is 0 Å². The number of hydrogen-bond acceptors (Lipinski definition) is 7. The van der Waals surface area contributed by atoms with E-state index in [1.165, 1.54) is 0 Å². The second-order valence-corrected chi connectivity index (χ2v) is 13.9. The summed E-state index contributed by atoms with van der Waals surface area (Å²) in [7, 11) is 0. The first-order chi connectivity index (χ1) is 16.9. The molecule has 4 aliphatic heterocycles. The highest BCUT2D eigenvalue weighted by Crippen LogP contribution is 2.49. The summed E-state index contributed by atoms with van der Waals surface area (Å²) in [5.74, 6) is 0.859. The molecule has 7 nitrogen and oxygen atoms in total. The number of hydrogen-bond donors (Lipinski definition) is 3. The minimum atomic E-state index is -1.14. The average molecular weight is 523 g/mol. The van der Waals surface area contributed by atoms with Crippen molar-refractivity contribution in [1.29, 1.82) is 0 Å². The fourth-order valence-electron chi connectivity index (χ4n) is 6.59. The molecule has 3 N–H and O–H groups in total. The molecule has 8 atom stereocenters. The van der Waals surface area contributed by atoms with Crippen LogP contribution in [0.4, 0.5) is 0 Å². The van der Waals surface area contributed by atoms with Gasteiger partial charge >= 0.3 is 0 Å². The minimum absolute atomic E-state index is 0.0739. The number of ether oxygens (including phenoxy) is 4. The van der Waals surface area contributed by atoms with Crippen LogP contribution in [0, 0.1) is 0 Å². The summed E-state index contributed by atoms with van der Waals surface area (Å²) in [4.78, 5) is 0. The first kappa shape index (κ1) is 29.0. The summed E-state index contributed by atoms with van der Waals surface area (Å²) in [5.41, 5.74) is -3.83. The van der Waals surface area contributed by atoms with Crippen molar-refractivity contribution in [2.75, 3.05) is 0 Å². The van der Waals surface area contributed by atoms with E-state index in [-0.39, 0.29) is 12.2 Å². The zero-order valence-electron chi connectivity index (χ0n) is 24.2. The van der Waals surface area contributed by atoms with Gasteiger partial charge in [0.1, 0.15) is 23.1 Å². The quantitative estimate of drug-likeness (QED) is 0.435. The molecule has 0 saturated carbocycles.